The average Bonchev–Trinajstić information content (AvgIpc) is 2.76. The number of nitrogens with two attached hydrogens (primary N) is 2. The summed E-state index contributed by atoms with van der Waals surface area (Å²) in [7, 11) is 3.81. The monoisotopic (exact) mass is 392 g/mol. The highest BCUT2D eigenvalue weighted by Gasteiger charge is 2.35. The summed E-state index contributed by atoms with van der Waals surface area (Å²) in [4.78, 5) is 9.23. The zero-order valence-electron chi connectivity index (χ0n) is 16.9. The Bertz CT molecular complexity index is 931. The fourth-order valence-corrected chi connectivity index (χ4v) is 3.80. The van der Waals surface area contributed by atoms with E-state index in [-0.39, 0.29) is 0 Å². The van der Waals surface area contributed by atoms with Gasteiger partial charge in [0.1, 0.15) is 5.75 Å². The van der Waals surface area contributed by atoms with Crippen molar-refractivity contribution >= 4 is 12.0 Å². The van der Waals surface area contributed by atoms with Crippen LogP contribution in [0.5, 0.6) is 5.75 Å². The van der Waals surface area contributed by atoms with Crippen LogP contribution >= 0.6 is 0 Å². The van der Waals surface area contributed by atoms with Gasteiger partial charge in [-0.05, 0) is 42.4 Å². The Balaban J connectivity index is 1.80. The number of hydrogen-bond acceptors (Lipinski definition) is 7. The van der Waals surface area contributed by atoms with Gasteiger partial charge in [-0.2, -0.15) is 0 Å². The number of likely N-dealkylation sites (N-methyl/N-ethyl adjacent to an activating group) is 1. The van der Waals surface area contributed by atoms with Gasteiger partial charge in [0.15, 0.2) is 5.66 Å². The molecule has 152 valence electrons. The third kappa shape index (κ3) is 3.66. The Morgan fingerprint density at radius 1 is 1.03 bits per heavy atom. The topological polar surface area (TPSA) is 92.1 Å². The van der Waals surface area contributed by atoms with Crippen LogP contribution in [-0.2, 0) is 5.66 Å². The summed E-state index contributed by atoms with van der Waals surface area (Å²) >= 11 is 0. The predicted molar refractivity (Wildman–Crippen MR) is 118 cm³/mol. The van der Waals surface area contributed by atoms with E-state index in [1.165, 1.54) is 0 Å². The van der Waals surface area contributed by atoms with Crippen LogP contribution in [0, 0.1) is 0 Å². The molecule has 0 radical (unpaired) electrons. The highest BCUT2D eigenvalue weighted by atomic mass is 16.5. The largest absolute Gasteiger partial charge is 0.497 e. The zero-order chi connectivity index (χ0) is 20.4. The molecule has 2 aromatic rings. The Labute approximate surface area is 171 Å². The lowest BCUT2D eigenvalue weighted by molar-refractivity contribution is 0.312. The van der Waals surface area contributed by atoms with Crippen LogP contribution in [0.3, 0.4) is 0 Å². The van der Waals surface area contributed by atoms with Crippen molar-refractivity contribution in [3.05, 3.63) is 59.9 Å². The lowest BCUT2D eigenvalue weighted by atomic mass is 9.91. The molecule has 4 rings (SSSR count). The van der Waals surface area contributed by atoms with Crippen molar-refractivity contribution in [2.24, 2.45) is 16.5 Å². The lowest BCUT2D eigenvalue weighted by Crippen LogP contribution is -2.48. The van der Waals surface area contributed by atoms with Gasteiger partial charge in [-0.15, -0.1) is 0 Å². The molecule has 1 saturated heterocycles. The number of rotatable bonds is 4. The molecule has 29 heavy (non-hydrogen) atoms. The molecule has 0 aliphatic carbocycles. The molecular weight excluding hydrogens is 364 g/mol. The van der Waals surface area contributed by atoms with E-state index in [0.29, 0.717) is 5.70 Å². The minimum absolute atomic E-state index is 0.488. The summed E-state index contributed by atoms with van der Waals surface area (Å²) in [6, 6.07) is 14.4. The number of anilines is 1. The maximum atomic E-state index is 6.76. The molecule has 2 aliphatic heterocycles. The second kappa shape index (κ2) is 7.77. The van der Waals surface area contributed by atoms with Crippen LogP contribution < -0.4 is 26.4 Å². The molecule has 7 nitrogen and oxygen atoms in total. The standard InChI is InChI=1S/C22H28N6O/c1-27-9-11-28(12-10-27)20-8-5-17(16-3-6-18(29-2)7-4-16)13-19(20)22(24)21(23)14-25-15-26-22/h3-8,13-15H,9-12,23-24H2,1-2H3,(H,25,26). The first kappa shape index (κ1) is 19.3. The number of aliphatic imine (C=N–C) groups is 1. The molecular formula is C22H28N6O. The van der Waals surface area contributed by atoms with Gasteiger partial charge in [0.25, 0.3) is 0 Å². The highest BCUT2D eigenvalue weighted by molar-refractivity contribution is 5.73. The van der Waals surface area contributed by atoms with E-state index in [4.69, 9.17) is 16.2 Å². The van der Waals surface area contributed by atoms with Gasteiger partial charge in [0.05, 0.1) is 19.1 Å². The Hall–Kier alpha value is -3.03. The molecule has 0 aromatic heterocycles. The number of ether oxygens (including phenoxy) is 1. The molecule has 5 N–H and O–H groups in total. The summed E-state index contributed by atoms with van der Waals surface area (Å²) in [6.07, 6.45) is 3.31. The van der Waals surface area contributed by atoms with Gasteiger partial charge >= 0.3 is 0 Å². The van der Waals surface area contributed by atoms with Crippen molar-refractivity contribution in [3.63, 3.8) is 0 Å². The maximum absolute atomic E-state index is 6.76. The van der Waals surface area contributed by atoms with Crippen molar-refractivity contribution in [2.45, 2.75) is 5.66 Å². The molecule has 0 saturated carbocycles. The van der Waals surface area contributed by atoms with E-state index in [1.807, 2.05) is 24.3 Å². The zero-order valence-corrected chi connectivity index (χ0v) is 16.9. The first-order valence-corrected chi connectivity index (χ1v) is 9.78. The minimum Gasteiger partial charge on any atom is -0.497 e. The number of hydrogen-bond donors (Lipinski definition) is 3. The lowest BCUT2D eigenvalue weighted by Gasteiger charge is -2.38. The quantitative estimate of drug-likeness (QED) is 0.733. The van der Waals surface area contributed by atoms with Crippen LogP contribution in [0.25, 0.3) is 11.1 Å². The van der Waals surface area contributed by atoms with Crippen molar-refractivity contribution in [2.75, 3.05) is 45.2 Å². The highest BCUT2D eigenvalue weighted by Crippen LogP contribution is 2.38. The summed E-state index contributed by atoms with van der Waals surface area (Å²) in [5.41, 5.74) is 16.6. The fraction of sp³-hybridized carbons (Fsp3) is 0.318. The van der Waals surface area contributed by atoms with Crippen LogP contribution in [-0.4, -0.2) is 51.6 Å². The fourth-order valence-electron chi connectivity index (χ4n) is 3.80. The molecule has 2 aliphatic rings. The minimum atomic E-state index is -1.10. The number of methoxy groups -OCH3 is 1. The van der Waals surface area contributed by atoms with E-state index >= 15 is 0 Å². The maximum Gasteiger partial charge on any atom is 0.179 e. The molecule has 2 aromatic carbocycles. The summed E-state index contributed by atoms with van der Waals surface area (Å²) in [5, 5.41) is 2.93. The van der Waals surface area contributed by atoms with Gasteiger partial charge in [0, 0.05) is 43.6 Å². The summed E-state index contributed by atoms with van der Waals surface area (Å²) < 4.78 is 5.28. The molecule has 1 fully saturated rings. The molecule has 0 spiro atoms. The normalized spacial score (nSPS) is 22.2. The van der Waals surface area contributed by atoms with E-state index < -0.39 is 5.66 Å². The predicted octanol–water partition coefficient (Wildman–Crippen LogP) is 1.66. The Kier molecular flexibility index (Phi) is 5.17. The van der Waals surface area contributed by atoms with Gasteiger partial charge in [-0.3, -0.25) is 5.73 Å². The van der Waals surface area contributed by atoms with E-state index in [0.717, 1.165) is 54.3 Å². The van der Waals surface area contributed by atoms with Gasteiger partial charge in [0.2, 0.25) is 0 Å². The molecule has 1 unspecified atom stereocenters. The van der Waals surface area contributed by atoms with Gasteiger partial charge < -0.3 is 25.6 Å². The van der Waals surface area contributed by atoms with E-state index in [2.05, 4.69) is 45.4 Å². The number of nitrogens with zero attached hydrogens (tertiary/aromatic N) is 3. The number of benzene rings is 2. The van der Waals surface area contributed by atoms with E-state index in [9.17, 15) is 0 Å². The second-order valence-electron chi connectivity index (χ2n) is 7.54. The molecule has 7 heteroatoms. The van der Waals surface area contributed by atoms with Crippen molar-refractivity contribution in [1.82, 2.24) is 10.2 Å². The number of nitrogens with one attached hydrogen (secondary N) is 1. The smallest absolute Gasteiger partial charge is 0.179 e. The Morgan fingerprint density at radius 2 is 1.72 bits per heavy atom. The molecule has 2 heterocycles. The Morgan fingerprint density at radius 3 is 2.38 bits per heavy atom. The summed E-state index contributed by atoms with van der Waals surface area (Å²) in [5.74, 6) is 0.827. The molecule has 0 bridgehead atoms. The first-order valence-electron chi connectivity index (χ1n) is 9.78. The molecule has 1 atom stereocenters. The van der Waals surface area contributed by atoms with Gasteiger partial charge in [-0.25, -0.2) is 4.99 Å². The first-order chi connectivity index (χ1) is 14.0. The van der Waals surface area contributed by atoms with Crippen molar-refractivity contribution in [1.29, 1.82) is 0 Å². The number of piperazine rings is 1. The third-order valence-corrected chi connectivity index (χ3v) is 5.70. The second-order valence-corrected chi connectivity index (χ2v) is 7.54. The van der Waals surface area contributed by atoms with Crippen LogP contribution in [0.1, 0.15) is 5.56 Å². The molecule has 0 amide bonds. The van der Waals surface area contributed by atoms with E-state index in [1.54, 1.807) is 19.6 Å². The van der Waals surface area contributed by atoms with Crippen LogP contribution in [0.2, 0.25) is 0 Å². The third-order valence-electron chi connectivity index (χ3n) is 5.70. The van der Waals surface area contributed by atoms with Crippen molar-refractivity contribution in [3.8, 4) is 16.9 Å². The summed E-state index contributed by atoms with van der Waals surface area (Å²) in [6.45, 7) is 3.89. The van der Waals surface area contributed by atoms with Crippen LogP contribution in [0.15, 0.2) is 59.4 Å². The van der Waals surface area contributed by atoms with Crippen molar-refractivity contribution < 1.29 is 4.74 Å². The van der Waals surface area contributed by atoms with Crippen LogP contribution in [0.4, 0.5) is 5.69 Å². The average molecular weight is 393 g/mol. The van der Waals surface area contributed by atoms with Gasteiger partial charge in [-0.1, -0.05) is 18.2 Å². The SMILES string of the molecule is COc1ccc(-c2ccc(N3CCN(C)CC3)c(C3(N)N=CNC=C3N)c2)cc1.